The van der Waals surface area contributed by atoms with E-state index in [1.54, 1.807) is 0 Å². The fraction of sp³-hybridized carbons (Fsp3) is 0.500. The van der Waals surface area contributed by atoms with E-state index in [1.165, 1.54) is 33.6 Å². The van der Waals surface area contributed by atoms with Crippen molar-refractivity contribution in [3.8, 4) is 11.3 Å². The van der Waals surface area contributed by atoms with E-state index in [-0.39, 0.29) is 0 Å². The van der Waals surface area contributed by atoms with Gasteiger partial charge in [0.1, 0.15) is 10.0 Å². The van der Waals surface area contributed by atoms with E-state index in [0.29, 0.717) is 17.8 Å². The molecule has 21 heavy (non-hydrogen) atoms. The third-order valence-electron chi connectivity index (χ3n) is 3.89. The van der Waals surface area contributed by atoms with Crippen LogP contribution < -0.4 is 0 Å². The van der Waals surface area contributed by atoms with E-state index < -0.39 is 0 Å². The fourth-order valence-corrected chi connectivity index (χ4v) is 3.40. The van der Waals surface area contributed by atoms with Crippen LogP contribution >= 0.6 is 22.9 Å². The van der Waals surface area contributed by atoms with Gasteiger partial charge in [-0.25, -0.2) is 4.98 Å². The quantitative estimate of drug-likeness (QED) is 0.601. The van der Waals surface area contributed by atoms with Gasteiger partial charge in [-0.15, -0.1) is 11.3 Å². The van der Waals surface area contributed by atoms with E-state index >= 15 is 0 Å². The first-order valence-electron chi connectivity index (χ1n) is 7.60. The number of nitrogens with zero attached hydrogens (tertiary/aromatic N) is 1. The molecule has 114 valence electrons. The smallest absolute Gasteiger partial charge is 0.121 e. The molecule has 0 aliphatic heterocycles. The average molecular weight is 322 g/mol. The van der Waals surface area contributed by atoms with Crippen LogP contribution in [-0.2, 0) is 0 Å². The number of rotatable bonds is 4. The van der Waals surface area contributed by atoms with Crippen LogP contribution in [0, 0.1) is 0 Å². The van der Waals surface area contributed by atoms with Gasteiger partial charge < -0.3 is 0 Å². The third kappa shape index (κ3) is 3.32. The van der Waals surface area contributed by atoms with Gasteiger partial charge in [0.15, 0.2) is 0 Å². The molecule has 2 rings (SSSR count). The van der Waals surface area contributed by atoms with Gasteiger partial charge >= 0.3 is 0 Å². The van der Waals surface area contributed by atoms with Crippen LogP contribution in [0.4, 0.5) is 0 Å². The molecule has 0 bridgehead atoms. The Balaban J connectivity index is 2.80. The van der Waals surface area contributed by atoms with Crippen molar-refractivity contribution in [3.05, 3.63) is 38.7 Å². The number of halogens is 1. The van der Waals surface area contributed by atoms with Crippen molar-refractivity contribution in [1.29, 1.82) is 0 Å². The minimum absolute atomic E-state index is 0.453. The van der Waals surface area contributed by atoms with Crippen molar-refractivity contribution in [2.24, 2.45) is 0 Å². The van der Waals surface area contributed by atoms with Crippen molar-refractivity contribution < 1.29 is 0 Å². The Kier molecular flexibility index (Phi) is 5.11. The molecular formula is C18H24ClNS. The van der Waals surface area contributed by atoms with Gasteiger partial charge in [-0.3, -0.25) is 0 Å². The lowest BCUT2D eigenvalue weighted by atomic mass is 9.83. The predicted octanol–water partition coefficient (Wildman–Crippen LogP) is 6.83. The molecule has 0 spiro atoms. The standard InChI is InChI=1S/C18H24ClNS/c1-10(2)13-7-14(11(3)4)16(15(8-13)12(5)6)17-18(19)21-9-20-17/h7-12H,1-6H3. The Bertz CT molecular complexity index is 597. The van der Waals surface area contributed by atoms with Crippen molar-refractivity contribution >= 4 is 22.9 Å². The van der Waals surface area contributed by atoms with E-state index in [2.05, 4.69) is 58.7 Å². The molecule has 0 aliphatic carbocycles. The molecule has 0 unspecified atom stereocenters. The summed E-state index contributed by atoms with van der Waals surface area (Å²) in [4.78, 5) is 4.53. The van der Waals surface area contributed by atoms with Gasteiger partial charge in [0.25, 0.3) is 0 Å². The van der Waals surface area contributed by atoms with Crippen molar-refractivity contribution in [1.82, 2.24) is 4.98 Å². The summed E-state index contributed by atoms with van der Waals surface area (Å²) in [6, 6.07) is 4.68. The first-order valence-corrected chi connectivity index (χ1v) is 8.85. The lowest BCUT2D eigenvalue weighted by Gasteiger charge is -2.22. The molecular weight excluding hydrogens is 298 g/mol. The highest BCUT2D eigenvalue weighted by Gasteiger charge is 2.21. The molecule has 3 heteroatoms. The molecule has 1 heterocycles. The molecule has 1 nitrogen and oxygen atoms in total. The van der Waals surface area contributed by atoms with E-state index in [0.717, 1.165) is 10.0 Å². The Morgan fingerprint density at radius 3 is 1.76 bits per heavy atom. The van der Waals surface area contributed by atoms with Gasteiger partial charge in [0.2, 0.25) is 0 Å². The molecule has 0 fully saturated rings. The highest BCUT2D eigenvalue weighted by molar-refractivity contribution is 7.14. The summed E-state index contributed by atoms with van der Waals surface area (Å²) in [5, 5.41) is 0. The van der Waals surface area contributed by atoms with Crippen LogP contribution in [0.2, 0.25) is 4.34 Å². The SMILES string of the molecule is CC(C)c1cc(C(C)C)c(-c2ncsc2Cl)c(C(C)C)c1. The second-order valence-electron chi connectivity index (χ2n) is 6.51. The Morgan fingerprint density at radius 2 is 1.43 bits per heavy atom. The van der Waals surface area contributed by atoms with Crippen LogP contribution in [-0.4, -0.2) is 4.98 Å². The van der Waals surface area contributed by atoms with Gasteiger partial charge in [-0.05, 0) is 34.4 Å². The van der Waals surface area contributed by atoms with E-state index in [9.17, 15) is 0 Å². The highest BCUT2D eigenvalue weighted by Crippen LogP contribution is 2.41. The molecule has 0 radical (unpaired) electrons. The second kappa shape index (κ2) is 6.50. The van der Waals surface area contributed by atoms with Crippen LogP contribution in [0.5, 0.6) is 0 Å². The van der Waals surface area contributed by atoms with Gasteiger partial charge in [-0.2, -0.15) is 0 Å². The maximum Gasteiger partial charge on any atom is 0.121 e. The number of thiazole rings is 1. The number of hydrogen-bond donors (Lipinski definition) is 0. The van der Waals surface area contributed by atoms with Gasteiger partial charge in [0, 0.05) is 5.56 Å². The maximum absolute atomic E-state index is 6.39. The molecule has 0 N–H and O–H groups in total. The molecule has 0 saturated heterocycles. The molecule has 0 amide bonds. The van der Waals surface area contributed by atoms with E-state index in [1.807, 2.05) is 5.51 Å². The van der Waals surface area contributed by atoms with Crippen LogP contribution in [0.1, 0.15) is 76.0 Å². The zero-order valence-electron chi connectivity index (χ0n) is 13.7. The summed E-state index contributed by atoms with van der Waals surface area (Å²) >= 11 is 7.89. The van der Waals surface area contributed by atoms with Gasteiger partial charge in [-0.1, -0.05) is 65.3 Å². The first-order chi connectivity index (χ1) is 9.82. The molecule has 2 aromatic rings. The van der Waals surface area contributed by atoms with Crippen molar-refractivity contribution in [2.75, 3.05) is 0 Å². The van der Waals surface area contributed by atoms with Crippen LogP contribution in [0.15, 0.2) is 17.6 Å². The monoisotopic (exact) mass is 321 g/mol. The zero-order valence-corrected chi connectivity index (χ0v) is 15.3. The predicted molar refractivity (Wildman–Crippen MR) is 94.8 cm³/mol. The summed E-state index contributed by atoms with van der Waals surface area (Å²) < 4.78 is 0.788. The lowest BCUT2D eigenvalue weighted by molar-refractivity contribution is 0.807. The minimum atomic E-state index is 0.453. The number of aromatic nitrogens is 1. The summed E-state index contributed by atoms with van der Waals surface area (Å²) in [6.45, 7) is 13.5. The zero-order chi connectivity index (χ0) is 15.7. The number of benzene rings is 1. The summed E-state index contributed by atoms with van der Waals surface area (Å²) in [6.07, 6.45) is 0. The first kappa shape index (κ1) is 16.5. The average Bonchev–Trinajstić information content (AvgIpc) is 2.82. The molecule has 0 aliphatic rings. The minimum Gasteiger partial charge on any atom is -0.243 e. The number of hydrogen-bond acceptors (Lipinski definition) is 2. The Hall–Kier alpha value is -0.860. The Labute approximate surface area is 137 Å². The van der Waals surface area contributed by atoms with Gasteiger partial charge in [0.05, 0.1) is 5.51 Å². The highest BCUT2D eigenvalue weighted by atomic mass is 35.5. The van der Waals surface area contributed by atoms with Crippen LogP contribution in [0.3, 0.4) is 0 Å². The largest absolute Gasteiger partial charge is 0.243 e. The lowest BCUT2D eigenvalue weighted by Crippen LogP contribution is -2.04. The fourth-order valence-electron chi connectivity index (χ4n) is 2.62. The third-order valence-corrected chi connectivity index (χ3v) is 4.95. The summed E-state index contributed by atoms with van der Waals surface area (Å²) in [5.74, 6) is 1.43. The maximum atomic E-state index is 6.39. The Morgan fingerprint density at radius 1 is 0.905 bits per heavy atom. The van der Waals surface area contributed by atoms with Crippen LogP contribution in [0.25, 0.3) is 11.3 Å². The van der Waals surface area contributed by atoms with E-state index in [4.69, 9.17) is 11.6 Å². The summed E-state index contributed by atoms with van der Waals surface area (Å²) in [7, 11) is 0. The molecule has 1 aromatic carbocycles. The molecule has 0 atom stereocenters. The van der Waals surface area contributed by atoms with Crippen molar-refractivity contribution in [2.45, 2.75) is 59.3 Å². The van der Waals surface area contributed by atoms with Crippen molar-refractivity contribution in [3.63, 3.8) is 0 Å². The topological polar surface area (TPSA) is 12.9 Å². The summed E-state index contributed by atoms with van der Waals surface area (Å²) in [5.41, 5.74) is 8.15. The molecule has 0 saturated carbocycles. The normalized spacial score (nSPS) is 11.9. The second-order valence-corrected chi connectivity index (χ2v) is 7.97. The molecule has 1 aromatic heterocycles.